The number of carbonyl (C=O) groups excluding carboxylic acids is 1. The summed E-state index contributed by atoms with van der Waals surface area (Å²) in [6.07, 6.45) is -1.27. The highest BCUT2D eigenvalue weighted by molar-refractivity contribution is 5.78. The number of hydrogen-bond donors (Lipinski definition) is 2. The fourth-order valence-electron chi connectivity index (χ4n) is 2.80. The van der Waals surface area contributed by atoms with E-state index in [9.17, 15) is 9.90 Å². The quantitative estimate of drug-likeness (QED) is 0.773. The first-order valence-electron chi connectivity index (χ1n) is 7.73. The van der Waals surface area contributed by atoms with Crippen LogP contribution in [0.5, 0.6) is 11.5 Å². The average Bonchev–Trinajstić information content (AvgIpc) is 3.11. The van der Waals surface area contributed by atoms with Gasteiger partial charge in [-0.1, -0.05) is 0 Å². The van der Waals surface area contributed by atoms with Crippen LogP contribution in [-0.4, -0.2) is 61.8 Å². The fourth-order valence-corrected chi connectivity index (χ4v) is 2.80. The van der Waals surface area contributed by atoms with E-state index in [0.29, 0.717) is 19.0 Å². The van der Waals surface area contributed by atoms with Crippen LogP contribution in [0.3, 0.4) is 0 Å². The zero-order valence-corrected chi connectivity index (χ0v) is 12.9. The second-order valence-electron chi connectivity index (χ2n) is 5.53. The summed E-state index contributed by atoms with van der Waals surface area (Å²) in [7, 11) is 0. The number of fused-ring (bicyclic) bond motifs is 1. The van der Waals surface area contributed by atoms with Gasteiger partial charge in [-0.3, -0.25) is 4.79 Å². The molecule has 0 saturated carbocycles. The number of aliphatic hydroxyl groups is 1. The maximum absolute atomic E-state index is 12.0. The first kappa shape index (κ1) is 16.0. The topological polar surface area (TPSA) is 86.3 Å². The van der Waals surface area contributed by atoms with Crippen molar-refractivity contribution in [2.45, 2.75) is 31.3 Å². The maximum Gasteiger partial charge on any atom is 0.258 e. The van der Waals surface area contributed by atoms with E-state index in [2.05, 4.69) is 5.32 Å². The molecule has 2 N–H and O–H groups in total. The molecular formula is C16H21NO6. The van der Waals surface area contributed by atoms with Crippen molar-refractivity contribution >= 4 is 5.91 Å². The van der Waals surface area contributed by atoms with Gasteiger partial charge in [0.2, 0.25) is 0 Å². The highest BCUT2D eigenvalue weighted by Crippen LogP contribution is 2.26. The van der Waals surface area contributed by atoms with E-state index in [-0.39, 0.29) is 37.4 Å². The molecule has 1 aromatic rings. The van der Waals surface area contributed by atoms with Gasteiger partial charge in [0, 0.05) is 0 Å². The largest absolute Gasteiger partial charge is 0.494 e. The summed E-state index contributed by atoms with van der Waals surface area (Å²) in [4.78, 5) is 12.0. The van der Waals surface area contributed by atoms with Crippen molar-refractivity contribution in [1.29, 1.82) is 0 Å². The van der Waals surface area contributed by atoms with Crippen molar-refractivity contribution in [2.24, 2.45) is 0 Å². The van der Waals surface area contributed by atoms with Crippen LogP contribution in [0.15, 0.2) is 24.3 Å². The van der Waals surface area contributed by atoms with Crippen LogP contribution in [0.2, 0.25) is 0 Å². The predicted molar refractivity (Wildman–Crippen MR) is 80.5 cm³/mol. The molecule has 2 aliphatic rings. The average molecular weight is 323 g/mol. The summed E-state index contributed by atoms with van der Waals surface area (Å²) in [5.74, 6) is 1.10. The Bertz CT molecular complexity index is 534. The first-order chi connectivity index (χ1) is 11.2. The molecule has 0 aliphatic carbocycles. The third kappa shape index (κ3) is 3.74. The molecule has 2 fully saturated rings. The van der Waals surface area contributed by atoms with Crippen molar-refractivity contribution < 1.29 is 28.8 Å². The van der Waals surface area contributed by atoms with Crippen LogP contribution < -0.4 is 14.8 Å². The summed E-state index contributed by atoms with van der Waals surface area (Å²) in [5, 5.41) is 12.5. The molecule has 0 radical (unpaired) electrons. The van der Waals surface area contributed by atoms with E-state index in [0.717, 1.165) is 5.75 Å². The van der Waals surface area contributed by atoms with Crippen molar-refractivity contribution in [2.75, 3.05) is 26.4 Å². The Morgan fingerprint density at radius 1 is 1.17 bits per heavy atom. The number of ether oxygens (including phenoxy) is 4. The van der Waals surface area contributed by atoms with Gasteiger partial charge in [-0.05, 0) is 31.2 Å². The molecular weight excluding hydrogens is 302 g/mol. The van der Waals surface area contributed by atoms with Gasteiger partial charge >= 0.3 is 0 Å². The first-order valence-corrected chi connectivity index (χ1v) is 7.73. The highest BCUT2D eigenvalue weighted by atomic mass is 16.6. The van der Waals surface area contributed by atoms with Gasteiger partial charge in [0.05, 0.1) is 25.9 Å². The SMILES string of the molecule is CCOc1ccc(OCC(=O)N[C@H]2CO[C@H]3[C@@H]2OC[C@H]3O)cc1. The lowest BCUT2D eigenvalue weighted by molar-refractivity contribution is -0.124. The standard InChI is InChI=1S/C16H21NO6/c1-2-20-10-3-5-11(6-4-10)21-9-14(19)17-12-7-22-16-13(18)8-23-15(12)16/h3-6,12-13,15-16,18H,2,7-9H2,1H3,(H,17,19)/t12-,13+,15+,16+/m0/s1. The summed E-state index contributed by atoms with van der Waals surface area (Å²) in [5.41, 5.74) is 0. The second kappa shape index (κ2) is 7.16. The van der Waals surface area contributed by atoms with Gasteiger partial charge in [0.1, 0.15) is 29.8 Å². The Labute approximate surface area is 134 Å². The number of rotatable bonds is 6. The van der Waals surface area contributed by atoms with E-state index in [1.807, 2.05) is 6.92 Å². The van der Waals surface area contributed by atoms with Gasteiger partial charge in [0.25, 0.3) is 5.91 Å². The predicted octanol–water partition coefficient (Wildman–Crippen LogP) is 0.107. The summed E-state index contributed by atoms with van der Waals surface area (Å²) in [6, 6.07) is 6.83. The van der Waals surface area contributed by atoms with Crippen LogP contribution in [-0.2, 0) is 14.3 Å². The van der Waals surface area contributed by atoms with Crippen molar-refractivity contribution in [3.63, 3.8) is 0 Å². The van der Waals surface area contributed by atoms with Crippen LogP contribution in [0, 0.1) is 0 Å². The highest BCUT2D eigenvalue weighted by Gasteiger charge is 2.47. The molecule has 2 heterocycles. The molecule has 1 amide bonds. The maximum atomic E-state index is 12.0. The minimum absolute atomic E-state index is 0.0928. The van der Waals surface area contributed by atoms with Crippen molar-refractivity contribution in [1.82, 2.24) is 5.32 Å². The van der Waals surface area contributed by atoms with Crippen molar-refractivity contribution in [3.8, 4) is 11.5 Å². The third-order valence-electron chi connectivity index (χ3n) is 3.88. The molecule has 126 valence electrons. The van der Waals surface area contributed by atoms with Crippen LogP contribution in [0.4, 0.5) is 0 Å². The molecule has 7 heteroatoms. The monoisotopic (exact) mass is 323 g/mol. The third-order valence-corrected chi connectivity index (χ3v) is 3.88. The van der Waals surface area contributed by atoms with E-state index in [1.54, 1.807) is 24.3 Å². The van der Waals surface area contributed by atoms with Gasteiger partial charge in [-0.15, -0.1) is 0 Å². The Morgan fingerprint density at radius 2 is 1.83 bits per heavy atom. The number of hydrogen-bond acceptors (Lipinski definition) is 6. The summed E-state index contributed by atoms with van der Waals surface area (Å²) >= 11 is 0. The van der Waals surface area contributed by atoms with E-state index >= 15 is 0 Å². The zero-order valence-electron chi connectivity index (χ0n) is 12.9. The van der Waals surface area contributed by atoms with Gasteiger partial charge in [-0.2, -0.15) is 0 Å². The molecule has 0 bridgehead atoms. The molecule has 23 heavy (non-hydrogen) atoms. The van der Waals surface area contributed by atoms with Crippen LogP contribution in [0.25, 0.3) is 0 Å². The number of carbonyl (C=O) groups is 1. The van der Waals surface area contributed by atoms with Gasteiger partial charge < -0.3 is 29.4 Å². The van der Waals surface area contributed by atoms with Crippen LogP contribution >= 0.6 is 0 Å². The lowest BCUT2D eigenvalue weighted by atomic mass is 10.1. The number of nitrogens with one attached hydrogen (secondary N) is 1. The summed E-state index contributed by atoms with van der Waals surface area (Å²) < 4.78 is 21.7. The Balaban J connectivity index is 1.45. The smallest absolute Gasteiger partial charge is 0.258 e. The molecule has 3 rings (SSSR count). The van der Waals surface area contributed by atoms with Crippen LogP contribution in [0.1, 0.15) is 6.92 Å². The Morgan fingerprint density at radius 3 is 2.52 bits per heavy atom. The molecule has 2 aliphatic heterocycles. The lowest BCUT2D eigenvalue weighted by Gasteiger charge is -2.17. The Hall–Kier alpha value is -1.83. The second-order valence-corrected chi connectivity index (χ2v) is 5.53. The Kier molecular flexibility index (Phi) is 5.00. The lowest BCUT2D eigenvalue weighted by Crippen LogP contribution is -2.45. The molecule has 7 nitrogen and oxygen atoms in total. The number of aliphatic hydroxyl groups excluding tert-OH is 1. The number of amides is 1. The zero-order chi connectivity index (χ0) is 16.2. The molecule has 4 atom stereocenters. The molecule has 2 saturated heterocycles. The fraction of sp³-hybridized carbons (Fsp3) is 0.562. The van der Waals surface area contributed by atoms with Gasteiger partial charge in [-0.25, -0.2) is 0 Å². The van der Waals surface area contributed by atoms with Gasteiger partial charge in [0.15, 0.2) is 6.61 Å². The minimum Gasteiger partial charge on any atom is -0.494 e. The summed E-state index contributed by atoms with van der Waals surface area (Å²) in [6.45, 7) is 3.00. The van der Waals surface area contributed by atoms with E-state index in [1.165, 1.54) is 0 Å². The van der Waals surface area contributed by atoms with E-state index < -0.39 is 6.10 Å². The van der Waals surface area contributed by atoms with Crippen molar-refractivity contribution in [3.05, 3.63) is 24.3 Å². The molecule has 0 aromatic heterocycles. The van der Waals surface area contributed by atoms with E-state index in [4.69, 9.17) is 18.9 Å². The normalized spacial score (nSPS) is 29.1. The number of benzene rings is 1. The molecule has 0 spiro atoms. The minimum atomic E-state index is -0.623. The molecule has 0 unspecified atom stereocenters. The molecule has 1 aromatic carbocycles.